The average Bonchev–Trinajstić information content (AvgIpc) is 2.96. The topological polar surface area (TPSA) is 107 Å². The molecule has 2 aliphatic heterocycles. The van der Waals surface area contributed by atoms with Gasteiger partial charge < -0.3 is 15.8 Å². The second-order valence-corrected chi connectivity index (χ2v) is 8.97. The first-order valence-corrected chi connectivity index (χ1v) is 10.6. The monoisotopic (exact) mass is 417 g/mol. The molecule has 1 aromatic rings. The molecular formula is C17H21Cl2N3O3S. The van der Waals surface area contributed by atoms with Crippen LogP contribution in [0.15, 0.2) is 41.0 Å². The van der Waals surface area contributed by atoms with Crippen molar-refractivity contribution in [2.45, 2.75) is 18.9 Å². The number of ether oxygens (including phenoxy) is 1. The minimum atomic E-state index is -3.56. The van der Waals surface area contributed by atoms with E-state index >= 15 is 0 Å². The van der Waals surface area contributed by atoms with Crippen LogP contribution in [0.1, 0.15) is 12.8 Å². The molecule has 1 aromatic carbocycles. The highest BCUT2D eigenvalue weighted by Crippen LogP contribution is 2.44. The Morgan fingerprint density at radius 1 is 1.19 bits per heavy atom. The molecule has 6 nitrogen and oxygen atoms in total. The number of piperidine rings is 1. The van der Waals surface area contributed by atoms with Gasteiger partial charge in [0.2, 0.25) is 10.0 Å². The third-order valence-electron chi connectivity index (χ3n) is 4.81. The summed E-state index contributed by atoms with van der Waals surface area (Å²) in [6.07, 6.45) is 5.06. The van der Waals surface area contributed by atoms with Gasteiger partial charge >= 0.3 is 0 Å². The van der Waals surface area contributed by atoms with E-state index in [9.17, 15) is 8.42 Å². The van der Waals surface area contributed by atoms with Crippen LogP contribution in [0.3, 0.4) is 0 Å². The van der Waals surface area contributed by atoms with Gasteiger partial charge in [0.15, 0.2) is 0 Å². The Kier molecular flexibility index (Phi) is 5.84. The predicted octanol–water partition coefficient (Wildman–Crippen LogP) is 2.65. The summed E-state index contributed by atoms with van der Waals surface area (Å²) in [4.78, 5) is 0.328. The number of fused-ring (bicyclic) bond motifs is 3. The van der Waals surface area contributed by atoms with Gasteiger partial charge in [-0.25, -0.2) is 13.6 Å². The van der Waals surface area contributed by atoms with Crippen molar-refractivity contribution in [3.8, 4) is 0 Å². The molecule has 3 aliphatic rings. The fourth-order valence-corrected chi connectivity index (χ4v) is 4.49. The maximum atomic E-state index is 11.4. The predicted molar refractivity (Wildman–Crippen MR) is 104 cm³/mol. The highest BCUT2D eigenvalue weighted by atomic mass is 35.5. The third-order valence-corrected chi connectivity index (χ3v) is 6.58. The van der Waals surface area contributed by atoms with E-state index < -0.39 is 10.0 Å². The van der Waals surface area contributed by atoms with E-state index in [0.29, 0.717) is 33.0 Å². The van der Waals surface area contributed by atoms with Crippen molar-refractivity contribution in [2.24, 2.45) is 17.0 Å². The summed E-state index contributed by atoms with van der Waals surface area (Å²) in [5, 5.41) is 9.51. The lowest BCUT2D eigenvalue weighted by molar-refractivity contribution is 0.108. The Bertz CT molecular complexity index is 855. The summed E-state index contributed by atoms with van der Waals surface area (Å²) < 4.78 is 28.6. The zero-order valence-electron chi connectivity index (χ0n) is 14.0. The quantitative estimate of drug-likeness (QED) is 0.608. The molecule has 2 heterocycles. The van der Waals surface area contributed by atoms with E-state index in [1.807, 2.05) is 0 Å². The number of benzene rings is 1. The largest absolute Gasteiger partial charge is 0.493 e. The van der Waals surface area contributed by atoms with E-state index in [-0.39, 0.29) is 12.0 Å². The molecule has 2 saturated heterocycles. The van der Waals surface area contributed by atoms with Gasteiger partial charge in [-0.15, -0.1) is 0 Å². The van der Waals surface area contributed by atoms with E-state index in [1.165, 1.54) is 0 Å². The smallest absolute Gasteiger partial charge is 0.234 e. The van der Waals surface area contributed by atoms with E-state index in [2.05, 4.69) is 5.32 Å². The average molecular weight is 418 g/mol. The SMILES string of the molecule is NS(=O)(=O)C1=CC=C2OC3CNCCC3C2C1.Nc1ccc(Cl)c(Cl)c1. The summed E-state index contributed by atoms with van der Waals surface area (Å²) in [6, 6.07) is 4.98. The Morgan fingerprint density at radius 2 is 1.96 bits per heavy atom. The van der Waals surface area contributed by atoms with Crippen molar-refractivity contribution < 1.29 is 13.2 Å². The number of nitrogens with one attached hydrogen (secondary N) is 1. The normalized spacial score (nSPS) is 27.1. The lowest BCUT2D eigenvalue weighted by atomic mass is 9.81. The Balaban J connectivity index is 0.000000185. The number of rotatable bonds is 1. The van der Waals surface area contributed by atoms with Gasteiger partial charge in [0.1, 0.15) is 11.9 Å². The van der Waals surface area contributed by atoms with E-state index in [0.717, 1.165) is 25.3 Å². The van der Waals surface area contributed by atoms with E-state index in [1.54, 1.807) is 30.4 Å². The number of anilines is 1. The minimum absolute atomic E-state index is 0.188. The standard InChI is InChI=1S/C11H16N2O3S.C6H5Cl2N/c12-17(14,15)7-1-2-10-9(5-7)8-3-4-13-6-11(8)16-10;7-5-2-1-4(9)3-6(5)8/h1-2,8-9,11,13H,3-6H2,(H2,12,14,15);1-3H,9H2. The van der Waals surface area contributed by atoms with Crippen LogP contribution in [0, 0.1) is 11.8 Å². The summed E-state index contributed by atoms with van der Waals surface area (Å²) >= 11 is 11.2. The molecule has 4 rings (SSSR count). The molecule has 1 aliphatic carbocycles. The Labute approximate surface area is 163 Å². The summed E-state index contributed by atoms with van der Waals surface area (Å²) in [6.45, 7) is 1.83. The molecule has 0 saturated carbocycles. The van der Waals surface area contributed by atoms with E-state index in [4.69, 9.17) is 38.8 Å². The first-order chi connectivity index (χ1) is 12.3. The maximum Gasteiger partial charge on any atom is 0.234 e. The molecule has 0 amide bonds. The second-order valence-electron chi connectivity index (χ2n) is 6.54. The Hall–Kier alpha value is -1.25. The molecule has 2 fully saturated rings. The number of hydrogen-bond acceptors (Lipinski definition) is 5. The van der Waals surface area contributed by atoms with Crippen molar-refractivity contribution in [1.82, 2.24) is 5.32 Å². The van der Waals surface area contributed by atoms with Gasteiger partial charge in [-0.05, 0) is 49.7 Å². The first kappa shape index (κ1) is 19.5. The molecule has 0 aromatic heterocycles. The van der Waals surface area contributed by atoms with Gasteiger partial charge in [0, 0.05) is 24.1 Å². The molecule has 5 N–H and O–H groups in total. The lowest BCUT2D eigenvalue weighted by Gasteiger charge is -2.27. The van der Waals surface area contributed by atoms with Gasteiger partial charge in [-0.2, -0.15) is 0 Å². The van der Waals surface area contributed by atoms with Crippen LogP contribution in [0.4, 0.5) is 5.69 Å². The molecular weight excluding hydrogens is 397 g/mol. The van der Waals surface area contributed by atoms with Gasteiger partial charge in [0.05, 0.1) is 15.0 Å². The molecule has 26 heavy (non-hydrogen) atoms. The van der Waals surface area contributed by atoms with Crippen LogP contribution < -0.4 is 16.2 Å². The zero-order chi connectivity index (χ0) is 18.9. The highest BCUT2D eigenvalue weighted by molar-refractivity contribution is 7.93. The molecule has 3 atom stereocenters. The number of nitrogens with two attached hydrogens (primary N) is 2. The number of nitrogen functional groups attached to an aromatic ring is 1. The third kappa shape index (κ3) is 4.35. The molecule has 142 valence electrons. The fourth-order valence-electron chi connectivity index (χ4n) is 3.51. The number of hydrogen-bond donors (Lipinski definition) is 3. The molecule has 0 bridgehead atoms. The van der Waals surface area contributed by atoms with Crippen LogP contribution >= 0.6 is 23.2 Å². The number of halogens is 2. The number of primary sulfonamides is 1. The zero-order valence-corrected chi connectivity index (χ0v) is 16.3. The summed E-state index contributed by atoms with van der Waals surface area (Å²) in [5.41, 5.74) is 6.01. The van der Waals surface area contributed by atoms with Crippen molar-refractivity contribution in [3.63, 3.8) is 0 Å². The first-order valence-electron chi connectivity index (χ1n) is 8.27. The van der Waals surface area contributed by atoms with Crippen LogP contribution in [-0.2, 0) is 14.8 Å². The van der Waals surface area contributed by atoms with Gasteiger partial charge in [-0.3, -0.25) is 0 Å². The molecule has 0 spiro atoms. The second kappa shape index (κ2) is 7.78. The summed E-state index contributed by atoms with van der Waals surface area (Å²) in [7, 11) is -3.56. The number of allylic oxidation sites excluding steroid dienone is 4. The Morgan fingerprint density at radius 3 is 2.62 bits per heavy atom. The lowest BCUT2D eigenvalue weighted by Crippen LogP contribution is -2.40. The summed E-state index contributed by atoms with van der Waals surface area (Å²) in [5.74, 6) is 1.55. The van der Waals surface area contributed by atoms with Crippen LogP contribution in [-0.4, -0.2) is 27.6 Å². The minimum Gasteiger partial charge on any atom is -0.493 e. The molecule has 3 unspecified atom stereocenters. The van der Waals surface area contributed by atoms with Gasteiger partial charge in [-0.1, -0.05) is 23.2 Å². The van der Waals surface area contributed by atoms with Crippen molar-refractivity contribution in [3.05, 3.63) is 51.1 Å². The van der Waals surface area contributed by atoms with Crippen molar-refractivity contribution in [2.75, 3.05) is 18.8 Å². The molecule has 9 heteroatoms. The van der Waals surface area contributed by atoms with Crippen molar-refractivity contribution >= 4 is 38.9 Å². The fraction of sp³-hybridized carbons (Fsp3) is 0.412. The van der Waals surface area contributed by atoms with Crippen LogP contribution in [0.25, 0.3) is 0 Å². The molecule has 0 radical (unpaired) electrons. The van der Waals surface area contributed by atoms with Gasteiger partial charge in [0.25, 0.3) is 0 Å². The van der Waals surface area contributed by atoms with Crippen molar-refractivity contribution in [1.29, 1.82) is 0 Å². The maximum absolute atomic E-state index is 11.4. The van der Waals surface area contributed by atoms with Crippen LogP contribution in [0.5, 0.6) is 0 Å². The number of sulfonamides is 1. The highest BCUT2D eigenvalue weighted by Gasteiger charge is 2.44. The van der Waals surface area contributed by atoms with Crippen LogP contribution in [0.2, 0.25) is 10.0 Å².